The SMILES string of the molecule is NC(=O)Cc1ncc(CC(N)C(=O)O)[nH]1. The van der Waals surface area contributed by atoms with Crippen molar-refractivity contribution < 1.29 is 14.7 Å². The van der Waals surface area contributed by atoms with Crippen molar-refractivity contribution in [1.29, 1.82) is 0 Å². The number of rotatable bonds is 5. The van der Waals surface area contributed by atoms with Crippen molar-refractivity contribution in [2.45, 2.75) is 18.9 Å². The Labute approximate surface area is 85.5 Å². The fourth-order valence-electron chi connectivity index (χ4n) is 1.09. The second-order valence-electron chi connectivity index (χ2n) is 3.15. The van der Waals surface area contributed by atoms with E-state index in [0.29, 0.717) is 11.5 Å². The van der Waals surface area contributed by atoms with Gasteiger partial charge in [-0.2, -0.15) is 0 Å². The Morgan fingerprint density at radius 2 is 2.27 bits per heavy atom. The van der Waals surface area contributed by atoms with Crippen molar-refractivity contribution in [3.8, 4) is 0 Å². The lowest BCUT2D eigenvalue weighted by Crippen LogP contribution is -2.32. The highest BCUT2D eigenvalue weighted by molar-refractivity contribution is 5.75. The summed E-state index contributed by atoms with van der Waals surface area (Å²) in [5, 5.41) is 8.56. The summed E-state index contributed by atoms with van der Waals surface area (Å²) >= 11 is 0. The molecule has 1 rings (SSSR count). The van der Waals surface area contributed by atoms with Crippen LogP contribution in [0.3, 0.4) is 0 Å². The lowest BCUT2D eigenvalue weighted by molar-refractivity contribution is -0.138. The minimum absolute atomic E-state index is 0.00229. The number of nitrogens with zero attached hydrogens (tertiary/aromatic N) is 1. The molecule has 7 nitrogen and oxygen atoms in total. The first-order valence-electron chi connectivity index (χ1n) is 4.28. The number of H-pyrrole nitrogens is 1. The third kappa shape index (κ3) is 3.39. The molecule has 7 heteroatoms. The molecule has 0 aliphatic rings. The van der Waals surface area contributed by atoms with Gasteiger partial charge in [-0.1, -0.05) is 0 Å². The predicted octanol–water partition coefficient (Wildman–Crippen LogP) is -1.61. The molecule has 0 radical (unpaired) electrons. The number of hydrogen-bond donors (Lipinski definition) is 4. The third-order valence-corrected chi connectivity index (χ3v) is 1.78. The molecule has 1 atom stereocenters. The van der Waals surface area contributed by atoms with Crippen LogP contribution in [0, 0.1) is 0 Å². The van der Waals surface area contributed by atoms with Crippen LogP contribution in [-0.4, -0.2) is 33.0 Å². The first-order chi connectivity index (χ1) is 6.99. The van der Waals surface area contributed by atoms with Crippen molar-refractivity contribution in [3.05, 3.63) is 17.7 Å². The van der Waals surface area contributed by atoms with Crippen LogP contribution in [0.25, 0.3) is 0 Å². The van der Waals surface area contributed by atoms with E-state index in [0.717, 1.165) is 0 Å². The van der Waals surface area contributed by atoms with Crippen molar-refractivity contribution in [2.24, 2.45) is 11.5 Å². The number of nitrogens with two attached hydrogens (primary N) is 2. The summed E-state index contributed by atoms with van der Waals surface area (Å²) in [4.78, 5) is 27.6. The van der Waals surface area contributed by atoms with Crippen LogP contribution in [0.5, 0.6) is 0 Å². The number of aromatic nitrogens is 2. The van der Waals surface area contributed by atoms with E-state index in [1.807, 2.05) is 0 Å². The average Bonchev–Trinajstić information content (AvgIpc) is 2.51. The Morgan fingerprint density at radius 3 is 2.80 bits per heavy atom. The maximum absolute atomic E-state index is 10.6. The summed E-state index contributed by atoms with van der Waals surface area (Å²) in [6.45, 7) is 0. The molecule has 1 unspecified atom stereocenters. The minimum Gasteiger partial charge on any atom is -0.480 e. The minimum atomic E-state index is -1.08. The fourth-order valence-corrected chi connectivity index (χ4v) is 1.09. The fraction of sp³-hybridized carbons (Fsp3) is 0.375. The van der Waals surface area contributed by atoms with Gasteiger partial charge in [-0.3, -0.25) is 9.59 Å². The van der Waals surface area contributed by atoms with Crippen LogP contribution >= 0.6 is 0 Å². The maximum atomic E-state index is 10.6. The number of nitrogens with one attached hydrogen (secondary N) is 1. The zero-order chi connectivity index (χ0) is 11.4. The van der Waals surface area contributed by atoms with Gasteiger partial charge in [-0.15, -0.1) is 0 Å². The van der Waals surface area contributed by atoms with E-state index in [4.69, 9.17) is 16.6 Å². The normalized spacial score (nSPS) is 12.3. The smallest absolute Gasteiger partial charge is 0.320 e. The summed E-state index contributed by atoms with van der Waals surface area (Å²) in [6.07, 6.45) is 1.59. The van der Waals surface area contributed by atoms with E-state index >= 15 is 0 Å². The second kappa shape index (κ2) is 4.56. The van der Waals surface area contributed by atoms with E-state index in [1.54, 1.807) is 0 Å². The molecule has 1 heterocycles. The molecule has 1 aromatic heterocycles. The molecule has 1 amide bonds. The largest absolute Gasteiger partial charge is 0.480 e. The Hall–Kier alpha value is -1.89. The number of carbonyl (C=O) groups excluding carboxylic acids is 1. The molecule has 15 heavy (non-hydrogen) atoms. The number of carbonyl (C=O) groups is 2. The summed E-state index contributed by atoms with van der Waals surface area (Å²) in [5.41, 5.74) is 10.9. The van der Waals surface area contributed by atoms with Crippen LogP contribution < -0.4 is 11.5 Å². The molecule has 0 saturated heterocycles. The Balaban J connectivity index is 2.60. The predicted molar refractivity (Wildman–Crippen MR) is 50.8 cm³/mol. The zero-order valence-electron chi connectivity index (χ0n) is 7.93. The Morgan fingerprint density at radius 1 is 1.60 bits per heavy atom. The number of primary amides is 1. The Kier molecular flexibility index (Phi) is 3.40. The maximum Gasteiger partial charge on any atom is 0.320 e. The summed E-state index contributed by atoms with van der Waals surface area (Å²) < 4.78 is 0. The topological polar surface area (TPSA) is 135 Å². The summed E-state index contributed by atoms with van der Waals surface area (Å²) in [5.74, 6) is -1.17. The molecule has 0 spiro atoms. The zero-order valence-corrected chi connectivity index (χ0v) is 7.93. The quantitative estimate of drug-likeness (QED) is 0.465. The summed E-state index contributed by atoms with van der Waals surface area (Å²) in [6, 6.07) is -0.980. The molecule has 0 aromatic carbocycles. The molecule has 82 valence electrons. The van der Waals surface area contributed by atoms with Gasteiger partial charge in [0.05, 0.1) is 6.42 Å². The monoisotopic (exact) mass is 212 g/mol. The van der Waals surface area contributed by atoms with Crippen molar-refractivity contribution in [2.75, 3.05) is 0 Å². The number of carboxylic acid groups (broad SMARTS) is 1. The van der Waals surface area contributed by atoms with E-state index in [1.165, 1.54) is 6.20 Å². The highest BCUT2D eigenvalue weighted by Crippen LogP contribution is 2.01. The third-order valence-electron chi connectivity index (χ3n) is 1.78. The lowest BCUT2D eigenvalue weighted by Gasteiger charge is -2.02. The number of imidazole rings is 1. The van der Waals surface area contributed by atoms with Gasteiger partial charge < -0.3 is 21.6 Å². The van der Waals surface area contributed by atoms with Gasteiger partial charge in [-0.05, 0) is 0 Å². The highest BCUT2D eigenvalue weighted by atomic mass is 16.4. The molecule has 0 aliphatic carbocycles. The molecular formula is C8H12N4O3. The first-order valence-corrected chi connectivity index (χ1v) is 4.28. The molecule has 1 aromatic rings. The van der Waals surface area contributed by atoms with Crippen LogP contribution in [0.15, 0.2) is 6.20 Å². The molecule has 0 fully saturated rings. The van der Waals surface area contributed by atoms with E-state index < -0.39 is 17.9 Å². The summed E-state index contributed by atoms with van der Waals surface area (Å²) in [7, 11) is 0. The van der Waals surface area contributed by atoms with E-state index in [2.05, 4.69) is 9.97 Å². The molecular weight excluding hydrogens is 200 g/mol. The highest BCUT2D eigenvalue weighted by Gasteiger charge is 2.13. The van der Waals surface area contributed by atoms with Gasteiger partial charge in [0.15, 0.2) is 0 Å². The van der Waals surface area contributed by atoms with Crippen molar-refractivity contribution in [1.82, 2.24) is 9.97 Å². The van der Waals surface area contributed by atoms with Crippen LogP contribution in [0.1, 0.15) is 11.5 Å². The van der Waals surface area contributed by atoms with Crippen LogP contribution in [-0.2, 0) is 22.4 Å². The molecule has 6 N–H and O–H groups in total. The number of carboxylic acids is 1. The molecule has 0 saturated carbocycles. The van der Waals surface area contributed by atoms with E-state index in [-0.39, 0.29) is 12.8 Å². The van der Waals surface area contributed by atoms with Gasteiger partial charge in [-0.25, -0.2) is 4.98 Å². The molecule has 0 bridgehead atoms. The van der Waals surface area contributed by atoms with Gasteiger partial charge in [0.25, 0.3) is 0 Å². The number of aliphatic carboxylic acids is 1. The van der Waals surface area contributed by atoms with E-state index in [9.17, 15) is 9.59 Å². The van der Waals surface area contributed by atoms with Crippen LogP contribution in [0.2, 0.25) is 0 Å². The Bertz CT molecular complexity index is 374. The average molecular weight is 212 g/mol. The van der Waals surface area contributed by atoms with Gasteiger partial charge in [0.1, 0.15) is 11.9 Å². The van der Waals surface area contributed by atoms with Crippen molar-refractivity contribution in [3.63, 3.8) is 0 Å². The van der Waals surface area contributed by atoms with Crippen molar-refractivity contribution >= 4 is 11.9 Å². The first kappa shape index (κ1) is 11.2. The van der Waals surface area contributed by atoms with Crippen LogP contribution in [0.4, 0.5) is 0 Å². The standard InChI is InChI=1S/C8H12N4O3/c9-5(8(14)15)1-4-3-11-7(12-4)2-6(10)13/h3,5H,1-2,9H2,(H2,10,13)(H,11,12)(H,14,15). The molecule has 0 aliphatic heterocycles. The number of amides is 1. The van der Waals surface area contributed by atoms with Gasteiger partial charge in [0.2, 0.25) is 5.91 Å². The number of aromatic amines is 1. The van der Waals surface area contributed by atoms with Gasteiger partial charge in [0, 0.05) is 18.3 Å². The number of hydrogen-bond acceptors (Lipinski definition) is 4. The second-order valence-corrected chi connectivity index (χ2v) is 3.15. The van der Waals surface area contributed by atoms with Gasteiger partial charge >= 0.3 is 5.97 Å². The lowest BCUT2D eigenvalue weighted by atomic mass is 10.2.